The first-order valence-electron chi connectivity index (χ1n) is 7.12. The minimum atomic E-state index is -1.26. The molecule has 0 aliphatic carbocycles. The maximum atomic E-state index is 11.9. The number of fused-ring (bicyclic) bond motifs is 1. The quantitative estimate of drug-likeness (QED) is 0.527. The van der Waals surface area contributed by atoms with Crippen molar-refractivity contribution < 1.29 is 20.1 Å². The van der Waals surface area contributed by atoms with E-state index >= 15 is 0 Å². The summed E-state index contributed by atoms with van der Waals surface area (Å²) in [5.41, 5.74) is 5.29. The summed E-state index contributed by atoms with van der Waals surface area (Å²) in [6, 6.07) is 3.19. The van der Waals surface area contributed by atoms with Crippen LogP contribution in [0.5, 0.6) is 0 Å². The molecule has 9 heteroatoms. The van der Waals surface area contributed by atoms with E-state index < -0.39 is 36.7 Å². The normalized spacial score (nSPS) is 16.9. The smallest absolute Gasteiger partial charge is 0.284 e. The minimum Gasteiger partial charge on any atom is -0.394 e. The first-order valence-corrected chi connectivity index (χ1v) is 7.12. The Balaban J connectivity index is 2.34. The SMILES string of the molecule is CC(O)C(O)C(CO)OC(C)n1cccc2c(=O)nc(N)nc1-2. The average Bonchev–Trinajstić information content (AvgIpc) is 2.50. The van der Waals surface area contributed by atoms with Crippen molar-refractivity contribution in [3.8, 4) is 11.4 Å². The molecule has 0 radical (unpaired) electrons. The van der Waals surface area contributed by atoms with Crippen LogP contribution in [-0.2, 0) is 4.74 Å². The summed E-state index contributed by atoms with van der Waals surface area (Å²) in [4.78, 5) is 19.5. The molecule has 0 amide bonds. The van der Waals surface area contributed by atoms with Gasteiger partial charge in [0, 0.05) is 6.20 Å². The second-order valence-electron chi connectivity index (χ2n) is 5.23. The number of aromatic nitrogens is 3. The molecular weight excluding hydrogens is 304 g/mol. The first-order chi connectivity index (χ1) is 10.8. The second kappa shape index (κ2) is 7.01. The van der Waals surface area contributed by atoms with Gasteiger partial charge in [0.15, 0.2) is 5.82 Å². The summed E-state index contributed by atoms with van der Waals surface area (Å²) in [6.45, 7) is 2.56. The Labute approximate surface area is 132 Å². The van der Waals surface area contributed by atoms with E-state index in [0.717, 1.165) is 0 Å². The number of hydrogen-bond donors (Lipinski definition) is 4. The fraction of sp³-hybridized carbons (Fsp3) is 0.500. The number of nitrogens with two attached hydrogens (primary N) is 1. The topological polar surface area (TPSA) is 144 Å². The van der Waals surface area contributed by atoms with Gasteiger partial charge in [0.05, 0.1) is 18.3 Å². The van der Waals surface area contributed by atoms with E-state index in [1.807, 2.05) is 0 Å². The van der Waals surface area contributed by atoms with Crippen molar-refractivity contribution in [3.05, 3.63) is 28.7 Å². The van der Waals surface area contributed by atoms with Gasteiger partial charge in [-0.25, -0.2) is 0 Å². The van der Waals surface area contributed by atoms with Gasteiger partial charge in [-0.15, -0.1) is 0 Å². The third-order valence-electron chi connectivity index (χ3n) is 3.48. The van der Waals surface area contributed by atoms with Crippen LogP contribution >= 0.6 is 0 Å². The maximum Gasteiger partial charge on any atom is 0.284 e. The Hall–Kier alpha value is -2.07. The van der Waals surface area contributed by atoms with Crippen molar-refractivity contribution >= 4 is 5.95 Å². The molecular formula is C14H20N4O5. The lowest BCUT2D eigenvalue weighted by atomic mass is 10.1. The van der Waals surface area contributed by atoms with Gasteiger partial charge in [0.25, 0.3) is 5.56 Å². The fourth-order valence-corrected chi connectivity index (χ4v) is 2.25. The number of hydrogen-bond acceptors (Lipinski definition) is 8. The van der Waals surface area contributed by atoms with Crippen molar-refractivity contribution in [1.29, 1.82) is 0 Å². The van der Waals surface area contributed by atoms with Crippen molar-refractivity contribution in [2.45, 2.75) is 38.4 Å². The molecule has 0 saturated carbocycles. The van der Waals surface area contributed by atoms with Crippen LogP contribution in [0.2, 0.25) is 0 Å². The summed E-state index contributed by atoms with van der Waals surface area (Å²) in [7, 11) is 0. The summed E-state index contributed by atoms with van der Waals surface area (Å²) < 4.78 is 7.13. The molecule has 126 valence electrons. The van der Waals surface area contributed by atoms with Crippen LogP contribution in [0.15, 0.2) is 23.1 Å². The lowest BCUT2D eigenvalue weighted by molar-refractivity contribution is -0.141. The fourth-order valence-electron chi connectivity index (χ4n) is 2.25. The Morgan fingerprint density at radius 2 is 2.04 bits per heavy atom. The van der Waals surface area contributed by atoms with Crippen LogP contribution in [0.4, 0.5) is 5.95 Å². The van der Waals surface area contributed by atoms with Crippen molar-refractivity contribution in [2.75, 3.05) is 12.3 Å². The monoisotopic (exact) mass is 324 g/mol. The van der Waals surface area contributed by atoms with Gasteiger partial charge in [-0.1, -0.05) is 0 Å². The van der Waals surface area contributed by atoms with E-state index in [9.17, 15) is 20.1 Å². The van der Waals surface area contributed by atoms with E-state index in [0.29, 0.717) is 0 Å². The van der Waals surface area contributed by atoms with Crippen LogP contribution in [-0.4, -0.2) is 54.8 Å². The molecule has 0 aromatic carbocycles. The number of anilines is 1. The highest BCUT2D eigenvalue weighted by atomic mass is 16.5. The number of aliphatic hydroxyl groups is 3. The third-order valence-corrected chi connectivity index (χ3v) is 3.48. The summed E-state index contributed by atoms with van der Waals surface area (Å²) in [6.07, 6.45) is -2.38. The van der Waals surface area contributed by atoms with Gasteiger partial charge in [-0.3, -0.25) is 4.79 Å². The standard InChI is InChI=1S/C14H20N4O5/c1-7(20)11(21)10(6-19)23-8(2)18-5-3-4-9-12(18)16-14(15)17-13(9)22/h3-5,7-8,10-11,19-21H,6H2,1-2H3,(H2,15,17,22). The summed E-state index contributed by atoms with van der Waals surface area (Å²) >= 11 is 0. The van der Waals surface area contributed by atoms with Crippen molar-refractivity contribution in [2.24, 2.45) is 0 Å². The van der Waals surface area contributed by atoms with Gasteiger partial charge in [0.2, 0.25) is 5.95 Å². The highest BCUT2D eigenvalue weighted by molar-refractivity contribution is 5.56. The number of ether oxygens (including phenoxy) is 1. The molecule has 0 aromatic heterocycles. The molecule has 0 spiro atoms. The van der Waals surface area contributed by atoms with E-state index in [2.05, 4.69) is 9.97 Å². The molecule has 5 N–H and O–H groups in total. The van der Waals surface area contributed by atoms with Gasteiger partial charge < -0.3 is 30.4 Å². The van der Waals surface area contributed by atoms with Gasteiger partial charge in [-0.05, 0) is 26.0 Å². The maximum absolute atomic E-state index is 11.9. The van der Waals surface area contributed by atoms with Crippen LogP contribution in [0.1, 0.15) is 20.1 Å². The molecule has 0 saturated heterocycles. The van der Waals surface area contributed by atoms with Crippen LogP contribution in [0, 0.1) is 0 Å². The zero-order valence-electron chi connectivity index (χ0n) is 12.8. The zero-order valence-corrected chi connectivity index (χ0v) is 12.8. The Kier molecular flexibility index (Phi) is 5.26. The highest BCUT2D eigenvalue weighted by Gasteiger charge is 2.27. The Morgan fingerprint density at radius 3 is 2.65 bits per heavy atom. The minimum absolute atomic E-state index is 0.155. The predicted octanol–water partition coefficient (Wildman–Crippen LogP) is -1.04. The number of nitrogens with zero attached hydrogens (tertiary/aromatic N) is 3. The first kappa shape index (κ1) is 17.3. The average molecular weight is 324 g/mol. The Bertz CT molecular complexity index is 689. The number of pyridine rings is 1. The molecule has 23 heavy (non-hydrogen) atoms. The van der Waals surface area contributed by atoms with Gasteiger partial charge in [0.1, 0.15) is 18.4 Å². The van der Waals surface area contributed by atoms with Gasteiger partial charge in [-0.2, -0.15) is 9.97 Å². The highest BCUT2D eigenvalue weighted by Crippen LogP contribution is 2.22. The van der Waals surface area contributed by atoms with Crippen LogP contribution in [0.3, 0.4) is 0 Å². The molecule has 4 unspecified atom stereocenters. The number of rotatable bonds is 6. The lowest BCUT2D eigenvalue weighted by Crippen LogP contribution is -2.41. The predicted molar refractivity (Wildman–Crippen MR) is 81.7 cm³/mol. The van der Waals surface area contributed by atoms with Crippen LogP contribution < -0.4 is 11.3 Å². The zero-order chi connectivity index (χ0) is 17.1. The molecule has 2 rings (SSSR count). The van der Waals surface area contributed by atoms with Crippen molar-refractivity contribution in [3.63, 3.8) is 0 Å². The third kappa shape index (κ3) is 3.64. The van der Waals surface area contributed by atoms with E-state index in [4.69, 9.17) is 10.5 Å². The molecule has 2 aliphatic rings. The summed E-state index contributed by atoms with van der Waals surface area (Å²) in [5.74, 6) is 0.123. The Morgan fingerprint density at radius 1 is 1.35 bits per heavy atom. The lowest BCUT2D eigenvalue weighted by Gasteiger charge is -2.28. The van der Waals surface area contributed by atoms with E-state index in [-0.39, 0.29) is 17.3 Å². The second-order valence-corrected chi connectivity index (χ2v) is 5.23. The number of nitrogen functional groups attached to an aromatic ring is 1. The van der Waals surface area contributed by atoms with Crippen molar-refractivity contribution in [1.82, 2.24) is 14.5 Å². The van der Waals surface area contributed by atoms with E-state index in [1.165, 1.54) is 11.5 Å². The molecule has 0 bridgehead atoms. The molecule has 9 nitrogen and oxygen atoms in total. The van der Waals surface area contributed by atoms with Gasteiger partial charge >= 0.3 is 0 Å². The molecule has 0 fully saturated rings. The molecule has 4 atom stereocenters. The molecule has 2 aliphatic heterocycles. The molecule has 0 aromatic rings. The number of aliphatic hydroxyl groups excluding tert-OH is 3. The molecule has 2 heterocycles. The summed E-state index contributed by atoms with van der Waals surface area (Å²) in [5, 5.41) is 28.6. The van der Waals surface area contributed by atoms with E-state index in [1.54, 1.807) is 25.3 Å². The van der Waals surface area contributed by atoms with Crippen LogP contribution in [0.25, 0.3) is 11.4 Å². The largest absolute Gasteiger partial charge is 0.394 e.